The molecule has 0 spiro atoms. The molecule has 146 valence electrons. The number of aromatic hydroxyl groups is 1. The number of hydrogen-bond acceptors (Lipinski definition) is 4. The van der Waals surface area contributed by atoms with Crippen LogP contribution in [0.15, 0.2) is 29.1 Å². The van der Waals surface area contributed by atoms with Crippen LogP contribution in [0, 0.1) is 5.82 Å². The number of hydrogen-bond donors (Lipinski definition) is 2. The van der Waals surface area contributed by atoms with Crippen molar-refractivity contribution < 1.29 is 19.1 Å². The maximum Gasteiger partial charge on any atom is 0.274 e. The van der Waals surface area contributed by atoms with E-state index in [0.717, 1.165) is 5.56 Å². The van der Waals surface area contributed by atoms with Crippen LogP contribution in [0.2, 0.25) is 0 Å². The summed E-state index contributed by atoms with van der Waals surface area (Å²) in [6.45, 7) is 2.74. The van der Waals surface area contributed by atoms with Crippen molar-refractivity contribution in [3.05, 3.63) is 62.8 Å². The van der Waals surface area contributed by atoms with Crippen LogP contribution in [0.1, 0.15) is 51.5 Å². The van der Waals surface area contributed by atoms with Gasteiger partial charge in [0.1, 0.15) is 11.4 Å². The molecule has 1 atom stereocenters. The van der Waals surface area contributed by atoms with Crippen LogP contribution in [-0.4, -0.2) is 39.5 Å². The first-order valence-electron chi connectivity index (χ1n) is 9.24. The minimum absolute atomic E-state index is 0.0658. The molecule has 0 radical (unpaired) electrons. The summed E-state index contributed by atoms with van der Waals surface area (Å²) in [5.74, 6) is -2.05. The van der Waals surface area contributed by atoms with Gasteiger partial charge in [0.25, 0.3) is 11.8 Å². The van der Waals surface area contributed by atoms with Crippen LogP contribution < -0.4 is 10.7 Å². The van der Waals surface area contributed by atoms with Crippen molar-refractivity contribution in [2.24, 2.45) is 0 Å². The predicted molar refractivity (Wildman–Crippen MR) is 98.9 cm³/mol. The summed E-state index contributed by atoms with van der Waals surface area (Å²) in [7, 11) is 0. The summed E-state index contributed by atoms with van der Waals surface area (Å²) in [5.41, 5.74) is 0.296. The third-order valence-corrected chi connectivity index (χ3v) is 5.34. The van der Waals surface area contributed by atoms with E-state index in [1.165, 1.54) is 12.1 Å². The minimum Gasteiger partial charge on any atom is -0.503 e. The molecule has 2 N–H and O–H groups in total. The Bertz CT molecular complexity index is 1030. The van der Waals surface area contributed by atoms with E-state index in [0.29, 0.717) is 31.6 Å². The van der Waals surface area contributed by atoms with Gasteiger partial charge in [0.05, 0.1) is 6.04 Å². The predicted octanol–water partition coefficient (Wildman–Crippen LogP) is 1.59. The Morgan fingerprint density at radius 1 is 1.29 bits per heavy atom. The van der Waals surface area contributed by atoms with Crippen LogP contribution in [0.3, 0.4) is 0 Å². The molecule has 0 aliphatic carbocycles. The van der Waals surface area contributed by atoms with E-state index in [2.05, 4.69) is 5.32 Å². The van der Waals surface area contributed by atoms with Gasteiger partial charge in [-0.3, -0.25) is 14.4 Å². The van der Waals surface area contributed by atoms with Crippen molar-refractivity contribution in [1.29, 1.82) is 0 Å². The van der Waals surface area contributed by atoms with Gasteiger partial charge in [0, 0.05) is 25.3 Å². The van der Waals surface area contributed by atoms with Gasteiger partial charge < -0.3 is 19.9 Å². The van der Waals surface area contributed by atoms with Crippen LogP contribution in [0.5, 0.6) is 5.75 Å². The second-order valence-electron chi connectivity index (χ2n) is 7.08. The molecule has 1 aromatic carbocycles. The lowest BCUT2D eigenvalue weighted by atomic mass is 10.1. The van der Waals surface area contributed by atoms with Crippen molar-refractivity contribution >= 4 is 11.8 Å². The molecule has 0 bridgehead atoms. The second kappa shape index (κ2) is 6.78. The van der Waals surface area contributed by atoms with Crippen LogP contribution >= 0.6 is 0 Å². The summed E-state index contributed by atoms with van der Waals surface area (Å²) >= 11 is 0. The number of halogens is 1. The molecule has 4 rings (SSSR count). The maximum absolute atomic E-state index is 13.1. The molecule has 28 heavy (non-hydrogen) atoms. The number of rotatable bonds is 4. The number of carbonyl (C=O) groups is 2. The number of nitrogens with one attached hydrogen (secondary N) is 1. The topological polar surface area (TPSA) is 91.6 Å². The number of carbonyl (C=O) groups excluding carboxylic acids is 2. The Labute approximate surface area is 160 Å². The van der Waals surface area contributed by atoms with Gasteiger partial charge in [-0.25, -0.2) is 4.39 Å². The van der Waals surface area contributed by atoms with Crippen LogP contribution in [0.4, 0.5) is 4.39 Å². The average Bonchev–Trinajstić information content (AvgIpc) is 3.07. The first kappa shape index (κ1) is 18.2. The Hall–Kier alpha value is -3.16. The Morgan fingerprint density at radius 2 is 2.00 bits per heavy atom. The zero-order valence-corrected chi connectivity index (χ0v) is 15.4. The molecular weight excluding hydrogens is 365 g/mol. The number of benzene rings is 1. The van der Waals surface area contributed by atoms with Crippen molar-refractivity contribution in [2.45, 2.75) is 32.4 Å². The van der Waals surface area contributed by atoms with E-state index in [4.69, 9.17) is 0 Å². The first-order valence-corrected chi connectivity index (χ1v) is 9.24. The highest BCUT2D eigenvalue weighted by molar-refractivity contribution is 6.00. The van der Waals surface area contributed by atoms with E-state index in [1.807, 2.05) is 0 Å². The third-order valence-electron chi connectivity index (χ3n) is 5.34. The van der Waals surface area contributed by atoms with Gasteiger partial charge in [-0.2, -0.15) is 0 Å². The lowest BCUT2D eigenvalue weighted by Gasteiger charge is -2.34. The summed E-state index contributed by atoms with van der Waals surface area (Å²) in [4.78, 5) is 39.6. The van der Waals surface area contributed by atoms with Gasteiger partial charge in [-0.05, 0) is 37.5 Å². The van der Waals surface area contributed by atoms with E-state index >= 15 is 0 Å². The van der Waals surface area contributed by atoms with Crippen molar-refractivity contribution in [2.75, 3.05) is 13.1 Å². The van der Waals surface area contributed by atoms with Gasteiger partial charge in [-0.1, -0.05) is 12.1 Å². The summed E-state index contributed by atoms with van der Waals surface area (Å²) in [5, 5.41) is 13.1. The molecule has 0 fully saturated rings. The highest BCUT2D eigenvalue weighted by Gasteiger charge is 2.41. The first-order chi connectivity index (χ1) is 13.4. The number of amides is 2. The van der Waals surface area contributed by atoms with E-state index in [-0.39, 0.29) is 29.7 Å². The van der Waals surface area contributed by atoms with Gasteiger partial charge in [0.2, 0.25) is 5.43 Å². The van der Waals surface area contributed by atoms with Gasteiger partial charge in [-0.15, -0.1) is 0 Å². The van der Waals surface area contributed by atoms with Crippen LogP contribution in [-0.2, 0) is 13.0 Å². The number of nitrogens with zero attached hydrogens (tertiary/aromatic N) is 2. The lowest BCUT2D eigenvalue weighted by molar-refractivity contribution is 0.0650. The smallest absolute Gasteiger partial charge is 0.274 e. The lowest BCUT2D eigenvalue weighted by Crippen LogP contribution is -2.44. The summed E-state index contributed by atoms with van der Waals surface area (Å²) in [6.07, 6.45) is 1.15. The zero-order valence-electron chi connectivity index (χ0n) is 15.4. The second-order valence-corrected chi connectivity index (χ2v) is 7.08. The summed E-state index contributed by atoms with van der Waals surface area (Å²) in [6, 6.07) is 5.73. The molecule has 2 aromatic rings. The van der Waals surface area contributed by atoms with Gasteiger partial charge in [0.15, 0.2) is 11.4 Å². The largest absolute Gasteiger partial charge is 0.503 e. The van der Waals surface area contributed by atoms with E-state index in [9.17, 15) is 23.9 Å². The molecule has 2 aliphatic rings. The van der Waals surface area contributed by atoms with E-state index in [1.54, 1.807) is 28.5 Å². The van der Waals surface area contributed by atoms with Crippen molar-refractivity contribution in [1.82, 2.24) is 14.8 Å². The Morgan fingerprint density at radius 3 is 2.68 bits per heavy atom. The molecule has 0 saturated heterocycles. The Balaban J connectivity index is 1.77. The fraction of sp³-hybridized carbons (Fsp3) is 0.350. The zero-order chi connectivity index (χ0) is 20.0. The third kappa shape index (κ3) is 2.76. The molecule has 2 amide bonds. The number of aromatic nitrogens is 1. The highest BCUT2D eigenvalue weighted by atomic mass is 19.1. The fourth-order valence-electron chi connectivity index (χ4n) is 4.10. The summed E-state index contributed by atoms with van der Waals surface area (Å²) < 4.78 is 14.8. The van der Waals surface area contributed by atoms with Crippen LogP contribution in [0.25, 0.3) is 0 Å². The number of pyridine rings is 1. The SMILES string of the molecule is CCNC(=O)c1c2n3c(c(O)c1=O)C(=O)N(Cc1ccc(F)cc1)CC3CC2. The monoisotopic (exact) mass is 385 g/mol. The maximum atomic E-state index is 13.1. The minimum atomic E-state index is -0.815. The fourth-order valence-corrected chi connectivity index (χ4v) is 4.10. The molecule has 1 aromatic heterocycles. The molecule has 3 heterocycles. The molecule has 0 saturated carbocycles. The normalized spacial score (nSPS) is 17.6. The van der Waals surface area contributed by atoms with Crippen molar-refractivity contribution in [3.63, 3.8) is 0 Å². The standard InChI is InChI=1S/C20H20FN3O4/c1-2-22-19(27)15-14-8-7-13-10-23(9-11-3-5-12(21)6-4-11)20(28)16(24(13)14)18(26)17(15)25/h3-6,13,26H,2,7-10H2,1H3,(H,22,27). The molecule has 2 aliphatic heterocycles. The van der Waals surface area contributed by atoms with Gasteiger partial charge >= 0.3 is 0 Å². The Kier molecular flexibility index (Phi) is 4.41. The quantitative estimate of drug-likeness (QED) is 0.836. The van der Waals surface area contributed by atoms with E-state index < -0.39 is 23.0 Å². The average molecular weight is 385 g/mol. The molecular formula is C20H20FN3O4. The molecule has 7 nitrogen and oxygen atoms in total. The molecule has 8 heteroatoms. The molecule has 1 unspecified atom stereocenters. The highest BCUT2D eigenvalue weighted by Crippen LogP contribution is 2.37. The van der Waals surface area contributed by atoms with Crippen molar-refractivity contribution in [3.8, 4) is 5.75 Å².